The molecule has 2 rings (SSSR count). The highest BCUT2D eigenvalue weighted by molar-refractivity contribution is 7.18. The minimum atomic E-state index is -0.825. The summed E-state index contributed by atoms with van der Waals surface area (Å²) in [6.07, 6.45) is 0.0827. The smallest absolute Gasteiger partial charge is 0.303 e. The maximum atomic E-state index is 12.0. The number of halogens is 1. The molecule has 110 valence electrons. The highest BCUT2D eigenvalue weighted by atomic mass is 35.5. The van der Waals surface area contributed by atoms with Gasteiger partial charge in [0.2, 0.25) is 0 Å². The van der Waals surface area contributed by atoms with Gasteiger partial charge in [0.15, 0.2) is 0 Å². The lowest BCUT2D eigenvalue weighted by molar-refractivity contribution is -0.137. The zero-order valence-electron chi connectivity index (χ0n) is 11.3. The van der Waals surface area contributed by atoms with Gasteiger partial charge in [0.1, 0.15) is 0 Å². The van der Waals surface area contributed by atoms with E-state index in [2.05, 4.69) is 5.32 Å². The van der Waals surface area contributed by atoms with Crippen molar-refractivity contribution in [1.29, 1.82) is 0 Å². The number of carbonyl (C=O) groups is 2. The zero-order chi connectivity index (χ0) is 15.4. The molecule has 1 atom stereocenters. The Hall–Kier alpha value is -1.85. The van der Waals surface area contributed by atoms with Crippen LogP contribution in [0.1, 0.15) is 34.5 Å². The van der Waals surface area contributed by atoms with Gasteiger partial charge in [-0.05, 0) is 35.7 Å². The molecule has 1 heterocycles. The second-order valence-corrected chi connectivity index (χ2v) is 6.39. The Labute approximate surface area is 131 Å². The highest BCUT2D eigenvalue weighted by Crippen LogP contribution is 2.24. The van der Waals surface area contributed by atoms with E-state index < -0.39 is 5.97 Å². The van der Waals surface area contributed by atoms with Crippen LogP contribution in [-0.2, 0) is 4.79 Å². The summed E-state index contributed by atoms with van der Waals surface area (Å²) in [4.78, 5) is 23.2. The van der Waals surface area contributed by atoms with Gasteiger partial charge in [0.25, 0.3) is 5.91 Å². The number of anilines is 1. The normalized spacial score (nSPS) is 11.9. The Kier molecular flexibility index (Phi) is 4.98. The summed E-state index contributed by atoms with van der Waals surface area (Å²) in [6.45, 7) is 1.86. The van der Waals surface area contributed by atoms with Crippen LogP contribution in [0.3, 0.4) is 0 Å². The van der Waals surface area contributed by atoms with Crippen LogP contribution >= 0.6 is 22.9 Å². The lowest BCUT2D eigenvalue weighted by Gasteiger charge is -2.10. The van der Waals surface area contributed by atoms with Crippen LogP contribution in [0.5, 0.6) is 0 Å². The standard InChI is InChI=1S/C15H14ClNO3S/c1-9(8-14(18)19)10-2-4-11(5-3-10)17-15(20)12-6-7-13(16)21-12/h2-7,9H,8H2,1H3,(H,17,20)(H,18,19). The van der Waals surface area contributed by atoms with E-state index in [-0.39, 0.29) is 18.2 Å². The van der Waals surface area contributed by atoms with Gasteiger partial charge in [-0.3, -0.25) is 9.59 Å². The van der Waals surface area contributed by atoms with E-state index >= 15 is 0 Å². The second kappa shape index (κ2) is 6.74. The molecule has 6 heteroatoms. The molecular weight excluding hydrogens is 310 g/mol. The number of thiophene rings is 1. The molecule has 0 fully saturated rings. The van der Waals surface area contributed by atoms with E-state index in [0.717, 1.165) is 5.56 Å². The molecule has 0 aliphatic heterocycles. The molecule has 0 bridgehead atoms. The van der Waals surface area contributed by atoms with Gasteiger partial charge in [-0.2, -0.15) is 0 Å². The molecule has 0 aliphatic carbocycles. The number of aliphatic carboxylic acids is 1. The first-order chi connectivity index (χ1) is 9.95. The number of carbonyl (C=O) groups excluding carboxylic acids is 1. The molecule has 1 aromatic carbocycles. The van der Waals surface area contributed by atoms with Crippen molar-refractivity contribution in [3.05, 3.63) is 51.2 Å². The molecule has 2 aromatic rings. The van der Waals surface area contributed by atoms with Crippen LogP contribution in [0, 0.1) is 0 Å². The predicted octanol–water partition coefficient (Wildman–Crippen LogP) is 4.23. The molecule has 21 heavy (non-hydrogen) atoms. The average Bonchev–Trinajstić information content (AvgIpc) is 2.85. The predicted molar refractivity (Wildman–Crippen MR) is 84.4 cm³/mol. The van der Waals surface area contributed by atoms with Crippen molar-refractivity contribution in [3.8, 4) is 0 Å². The Morgan fingerprint density at radius 2 is 1.90 bits per heavy atom. The van der Waals surface area contributed by atoms with Gasteiger partial charge in [-0.25, -0.2) is 0 Å². The third-order valence-electron chi connectivity index (χ3n) is 3.02. The molecule has 1 amide bonds. The molecule has 4 nitrogen and oxygen atoms in total. The Balaban J connectivity index is 2.02. The number of nitrogens with one attached hydrogen (secondary N) is 1. The summed E-state index contributed by atoms with van der Waals surface area (Å²) in [5, 5.41) is 11.6. The van der Waals surface area contributed by atoms with Crippen LogP contribution in [0.15, 0.2) is 36.4 Å². The first-order valence-electron chi connectivity index (χ1n) is 6.34. The largest absolute Gasteiger partial charge is 0.481 e. The van der Waals surface area contributed by atoms with Crippen molar-refractivity contribution in [2.45, 2.75) is 19.3 Å². The van der Waals surface area contributed by atoms with Crippen molar-refractivity contribution in [2.24, 2.45) is 0 Å². The number of hydrogen-bond acceptors (Lipinski definition) is 3. The fourth-order valence-electron chi connectivity index (χ4n) is 1.90. The maximum Gasteiger partial charge on any atom is 0.303 e. The van der Waals surface area contributed by atoms with E-state index in [1.54, 1.807) is 24.3 Å². The van der Waals surface area contributed by atoms with Gasteiger partial charge >= 0.3 is 5.97 Å². The number of carboxylic acid groups (broad SMARTS) is 1. The molecule has 0 spiro atoms. The van der Waals surface area contributed by atoms with Crippen LogP contribution in [0.25, 0.3) is 0 Å². The third-order valence-corrected chi connectivity index (χ3v) is 4.25. The van der Waals surface area contributed by atoms with Crippen molar-refractivity contribution >= 4 is 40.5 Å². The molecule has 0 aliphatic rings. The van der Waals surface area contributed by atoms with Gasteiger partial charge in [-0.1, -0.05) is 30.7 Å². The minimum Gasteiger partial charge on any atom is -0.481 e. The second-order valence-electron chi connectivity index (χ2n) is 4.68. The quantitative estimate of drug-likeness (QED) is 0.865. The molecule has 1 unspecified atom stereocenters. The summed E-state index contributed by atoms with van der Waals surface area (Å²) in [5.41, 5.74) is 1.59. The first-order valence-corrected chi connectivity index (χ1v) is 7.53. The van der Waals surface area contributed by atoms with E-state index in [9.17, 15) is 9.59 Å². The lowest BCUT2D eigenvalue weighted by Crippen LogP contribution is -2.10. The molecule has 0 saturated heterocycles. The fourth-order valence-corrected chi connectivity index (χ4v) is 2.84. The lowest BCUT2D eigenvalue weighted by atomic mass is 9.98. The molecule has 2 N–H and O–H groups in total. The van der Waals surface area contributed by atoms with Gasteiger partial charge in [0.05, 0.1) is 15.6 Å². The fraction of sp³-hybridized carbons (Fsp3) is 0.200. The number of amides is 1. The Morgan fingerprint density at radius 1 is 1.24 bits per heavy atom. The van der Waals surface area contributed by atoms with Crippen LogP contribution in [0.2, 0.25) is 4.34 Å². The van der Waals surface area contributed by atoms with Crippen LogP contribution < -0.4 is 5.32 Å². The summed E-state index contributed by atoms with van der Waals surface area (Å²) in [5.74, 6) is -1.10. The Bertz CT molecular complexity index is 651. The van der Waals surface area contributed by atoms with E-state index in [4.69, 9.17) is 16.7 Å². The first kappa shape index (κ1) is 15.5. The summed E-state index contributed by atoms with van der Waals surface area (Å²) in [6, 6.07) is 10.5. The average molecular weight is 324 g/mol. The number of carboxylic acids is 1. The number of rotatable bonds is 5. The molecule has 1 aromatic heterocycles. The van der Waals surface area contributed by atoms with E-state index in [0.29, 0.717) is 14.9 Å². The van der Waals surface area contributed by atoms with E-state index in [1.165, 1.54) is 11.3 Å². The van der Waals surface area contributed by atoms with Crippen LogP contribution in [-0.4, -0.2) is 17.0 Å². The molecular formula is C15H14ClNO3S. The van der Waals surface area contributed by atoms with Crippen LogP contribution in [0.4, 0.5) is 5.69 Å². The molecule has 0 saturated carbocycles. The van der Waals surface area contributed by atoms with Gasteiger partial charge < -0.3 is 10.4 Å². The van der Waals surface area contributed by atoms with Gasteiger partial charge in [-0.15, -0.1) is 11.3 Å². The summed E-state index contributed by atoms with van der Waals surface area (Å²) < 4.78 is 0.568. The molecule has 0 radical (unpaired) electrons. The number of benzene rings is 1. The summed E-state index contributed by atoms with van der Waals surface area (Å²) in [7, 11) is 0. The number of hydrogen-bond donors (Lipinski definition) is 2. The van der Waals surface area contributed by atoms with E-state index in [1.807, 2.05) is 19.1 Å². The zero-order valence-corrected chi connectivity index (χ0v) is 12.9. The third kappa shape index (κ3) is 4.31. The van der Waals surface area contributed by atoms with Gasteiger partial charge in [0, 0.05) is 5.69 Å². The van der Waals surface area contributed by atoms with Crippen molar-refractivity contribution < 1.29 is 14.7 Å². The van der Waals surface area contributed by atoms with Crippen molar-refractivity contribution in [2.75, 3.05) is 5.32 Å². The minimum absolute atomic E-state index is 0.0663. The summed E-state index contributed by atoms with van der Waals surface area (Å²) >= 11 is 7.01. The maximum absolute atomic E-state index is 12.0. The van der Waals surface area contributed by atoms with Crippen molar-refractivity contribution in [1.82, 2.24) is 0 Å². The topological polar surface area (TPSA) is 66.4 Å². The Morgan fingerprint density at radius 3 is 2.43 bits per heavy atom. The SMILES string of the molecule is CC(CC(=O)O)c1ccc(NC(=O)c2ccc(Cl)s2)cc1. The monoisotopic (exact) mass is 323 g/mol. The van der Waals surface area contributed by atoms with Crippen molar-refractivity contribution in [3.63, 3.8) is 0 Å². The highest BCUT2D eigenvalue weighted by Gasteiger charge is 2.11.